The molecule has 3 aliphatic rings. The Hall–Kier alpha value is -6.79. The van der Waals surface area contributed by atoms with E-state index in [2.05, 4.69) is 150 Å². The molecule has 0 spiro atoms. The summed E-state index contributed by atoms with van der Waals surface area (Å²) in [5.41, 5.74) is 6.49. The Morgan fingerprint density at radius 2 is 1.15 bits per heavy atom. The summed E-state index contributed by atoms with van der Waals surface area (Å²) in [6, 6.07) is 50.0. The van der Waals surface area contributed by atoms with E-state index < -0.39 is 0 Å². The number of allylic oxidation sites excluding steroid dienone is 2. The monoisotopic (exact) mass is 694 g/mol. The summed E-state index contributed by atoms with van der Waals surface area (Å²) in [5.74, 6) is -0.189. The predicted molar refractivity (Wildman–Crippen MR) is 226 cm³/mol. The molecule has 8 aromatic carbocycles. The zero-order chi connectivity index (χ0) is 36.2. The fourth-order valence-electron chi connectivity index (χ4n) is 9.13. The first-order valence-electron chi connectivity index (χ1n) is 18.3. The molecule has 2 heterocycles. The van der Waals surface area contributed by atoms with E-state index in [9.17, 15) is 9.90 Å². The van der Waals surface area contributed by atoms with Crippen LogP contribution in [0.2, 0.25) is 0 Å². The van der Waals surface area contributed by atoms with Crippen molar-refractivity contribution >= 4 is 102 Å². The number of ketones is 1. The van der Waals surface area contributed by atoms with Gasteiger partial charge >= 0.3 is 14.0 Å². The zero-order valence-corrected chi connectivity index (χ0v) is 29.7. The van der Waals surface area contributed by atoms with Gasteiger partial charge in [-0.05, 0) is 69.5 Å². The second-order valence-corrected chi connectivity index (χ2v) is 14.5. The largest absolute Gasteiger partial charge is 0.506 e. The van der Waals surface area contributed by atoms with Crippen LogP contribution >= 0.6 is 0 Å². The SMILES string of the molecule is CN1B(c2cccc3ccccc23)Nc2c(C3=C(O)C(=c4ccc5cccc6c5c4=NB(c4cccc5ccccc45)N6C)C3=O)ccc3cccc1c23. The molecule has 0 bridgehead atoms. The molecule has 2 N–H and O–H groups in total. The molecule has 0 fully saturated rings. The smallest absolute Gasteiger partial charge is 0.430 e. The van der Waals surface area contributed by atoms with Gasteiger partial charge in [-0.1, -0.05) is 133 Å². The quantitative estimate of drug-likeness (QED) is 0.201. The van der Waals surface area contributed by atoms with Gasteiger partial charge in [-0.15, -0.1) is 0 Å². The van der Waals surface area contributed by atoms with Crippen molar-refractivity contribution in [3.05, 3.63) is 167 Å². The van der Waals surface area contributed by atoms with Gasteiger partial charge in [-0.2, -0.15) is 0 Å². The summed E-state index contributed by atoms with van der Waals surface area (Å²) in [7, 11) is 4.18. The third-order valence-corrected chi connectivity index (χ3v) is 11.8. The van der Waals surface area contributed by atoms with Crippen LogP contribution < -0.4 is 36.4 Å². The van der Waals surface area contributed by atoms with Crippen LogP contribution in [0.4, 0.5) is 17.1 Å². The molecule has 0 aromatic heterocycles. The topological polar surface area (TPSA) is 68.2 Å². The molecule has 0 saturated heterocycles. The minimum Gasteiger partial charge on any atom is -0.506 e. The number of benzene rings is 8. The number of carbonyl (C=O) groups excluding carboxylic acids is 1. The van der Waals surface area contributed by atoms with Gasteiger partial charge in [0.2, 0.25) is 5.78 Å². The number of Topliss-reactive ketones (excluding diaryl/α,β-unsaturated/α-hetero) is 1. The summed E-state index contributed by atoms with van der Waals surface area (Å²) < 4.78 is 0. The summed E-state index contributed by atoms with van der Waals surface area (Å²) in [4.78, 5) is 24.5. The highest BCUT2D eigenvalue weighted by Crippen LogP contribution is 2.46. The van der Waals surface area contributed by atoms with Gasteiger partial charge in [0.15, 0.2) is 0 Å². The maximum absolute atomic E-state index is 14.6. The lowest BCUT2D eigenvalue weighted by atomic mass is 9.62. The molecule has 254 valence electrons. The highest BCUT2D eigenvalue weighted by atomic mass is 16.3. The Balaban J connectivity index is 1.12. The molecule has 54 heavy (non-hydrogen) atoms. The molecule has 8 aromatic rings. The average Bonchev–Trinajstić information content (AvgIpc) is 3.21. The lowest BCUT2D eigenvalue weighted by molar-refractivity contribution is -0.109. The van der Waals surface area contributed by atoms with Gasteiger partial charge in [0.25, 0.3) is 0 Å². The van der Waals surface area contributed by atoms with Crippen LogP contribution in [0.25, 0.3) is 54.2 Å². The van der Waals surface area contributed by atoms with Crippen molar-refractivity contribution in [2.24, 2.45) is 4.90 Å². The number of carbonyl (C=O) groups is 1. The Labute approximate surface area is 312 Å². The number of hydrogen-bond acceptors (Lipinski definition) is 6. The Bertz CT molecular complexity index is 3130. The van der Waals surface area contributed by atoms with Crippen molar-refractivity contribution in [1.29, 1.82) is 0 Å². The van der Waals surface area contributed by atoms with Gasteiger partial charge in [-0.25, -0.2) is 0 Å². The van der Waals surface area contributed by atoms with Crippen LogP contribution in [0, 0.1) is 0 Å². The summed E-state index contributed by atoms with van der Waals surface area (Å²) in [6.07, 6.45) is 0. The van der Waals surface area contributed by atoms with E-state index in [4.69, 9.17) is 4.90 Å². The minimum atomic E-state index is -0.327. The maximum Gasteiger partial charge on any atom is 0.430 e. The first-order chi connectivity index (χ1) is 26.5. The Kier molecular flexibility index (Phi) is 6.48. The van der Waals surface area contributed by atoms with E-state index in [1.807, 2.05) is 24.3 Å². The van der Waals surface area contributed by atoms with Gasteiger partial charge in [0.05, 0.1) is 16.5 Å². The molecule has 8 heteroatoms. The first-order valence-corrected chi connectivity index (χ1v) is 18.3. The number of rotatable bonds is 3. The fraction of sp³-hybridized carbons (Fsp3) is 0.0435. The van der Waals surface area contributed by atoms with Crippen molar-refractivity contribution in [2.45, 2.75) is 0 Å². The van der Waals surface area contributed by atoms with Crippen LogP contribution in [0.1, 0.15) is 5.56 Å². The van der Waals surface area contributed by atoms with Crippen molar-refractivity contribution in [3.8, 4) is 0 Å². The van der Waals surface area contributed by atoms with Crippen LogP contribution in [-0.4, -0.2) is 39.0 Å². The molecule has 0 radical (unpaired) electrons. The number of nitrogens with one attached hydrogen (secondary N) is 1. The number of hydrogen-bond donors (Lipinski definition) is 2. The number of aliphatic hydroxyl groups is 1. The highest BCUT2D eigenvalue weighted by molar-refractivity contribution is 6.82. The summed E-state index contributed by atoms with van der Waals surface area (Å²) in [6.45, 7) is -0.533. The number of aliphatic hydroxyl groups excluding tert-OH is 1. The molecule has 0 amide bonds. The number of anilines is 3. The molecule has 0 saturated carbocycles. The lowest BCUT2D eigenvalue weighted by Gasteiger charge is -2.37. The number of fused-ring (bicyclic) bond motifs is 2. The van der Waals surface area contributed by atoms with Crippen LogP contribution in [-0.2, 0) is 4.79 Å². The van der Waals surface area contributed by atoms with Crippen LogP contribution in [0.3, 0.4) is 0 Å². The standard InChI is InChI=1S/C46H32B2N4O2/c1-51-37-21-9-15-29-23-25-33(43(39(29)37)49-47(51)35-19-7-13-27-11-3-5-17-31(27)35)41-45(53)42(46(41)54)34-26-24-30-16-10-22-38-40(30)44(34)50-48(52(38)2)36-20-8-14-28-12-4-6-18-32(28)36/h3-26,49,53H,1-2H3. The van der Waals surface area contributed by atoms with E-state index in [1.165, 1.54) is 0 Å². The molecule has 11 rings (SSSR count). The van der Waals surface area contributed by atoms with Gasteiger partial charge in [-0.3, -0.25) is 4.79 Å². The van der Waals surface area contributed by atoms with Gasteiger partial charge in [0.1, 0.15) is 5.76 Å². The number of nitrogens with zero attached hydrogens (tertiary/aromatic N) is 3. The molecule has 0 atom stereocenters. The second kappa shape index (κ2) is 11.4. The third-order valence-electron chi connectivity index (χ3n) is 11.8. The van der Waals surface area contributed by atoms with E-state index >= 15 is 0 Å². The molecular weight excluding hydrogens is 662 g/mol. The molecule has 1 aliphatic carbocycles. The highest BCUT2D eigenvalue weighted by Gasteiger charge is 2.41. The molecule has 2 aliphatic heterocycles. The summed E-state index contributed by atoms with van der Waals surface area (Å²) >= 11 is 0. The minimum absolute atomic E-state index is 0.000518. The van der Waals surface area contributed by atoms with Gasteiger partial charge < -0.3 is 24.9 Å². The fourth-order valence-corrected chi connectivity index (χ4v) is 9.13. The van der Waals surface area contributed by atoms with Crippen molar-refractivity contribution < 1.29 is 9.90 Å². The van der Waals surface area contributed by atoms with E-state index in [0.717, 1.165) is 76.4 Å². The first kappa shape index (κ1) is 30.8. The van der Waals surface area contributed by atoms with E-state index in [-0.39, 0.29) is 25.5 Å². The van der Waals surface area contributed by atoms with Crippen LogP contribution in [0.15, 0.2) is 156 Å². The Morgan fingerprint density at radius 3 is 1.87 bits per heavy atom. The zero-order valence-electron chi connectivity index (χ0n) is 29.7. The Morgan fingerprint density at radius 1 is 0.574 bits per heavy atom. The molecule has 6 nitrogen and oxygen atoms in total. The van der Waals surface area contributed by atoms with E-state index in [1.54, 1.807) is 0 Å². The maximum atomic E-state index is 14.6. The average molecular weight is 694 g/mol. The van der Waals surface area contributed by atoms with Crippen LogP contribution in [0.5, 0.6) is 0 Å². The molecule has 0 unspecified atom stereocenters. The lowest BCUT2D eigenvalue weighted by Crippen LogP contribution is -2.55. The van der Waals surface area contributed by atoms with Gasteiger partial charge in [0, 0.05) is 38.6 Å². The van der Waals surface area contributed by atoms with Crippen molar-refractivity contribution in [2.75, 3.05) is 28.9 Å². The summed E-state index contributed by atoms with van der Waals surface area (Å²) in [5, 5.41) is 26.0. The normalized spacial score (nSPS) is 16.0. The molecular formula is C46H32B2N4O2. The van der Waals surface area contributed by atoms with Crippen molar-refractivity contribution in [1.82, 2.24) is 0 Å². The van der Waals surface area contributed by atoms with E-state index in [0.29, 0.717) is 21.9 Å². The third kappa shape index (κ3) is 4.19. The van der Waals surface area contributed by atoms with Crippen molar-refractivity contribution in [3.63, 3.8) is 0 Å². The predicted octanol–water partition coefficient (Wildman–Crippen LogP) is 6.72. The second-order valence-electron chi connectivity index (χ2n) is 14.5.